The van der Waals surface area contributed by atoms with Gasteiger partial charge in [-0.15, -0.1) is 0 Å². The molecule has 0 atom stereocenters. The average Bonchev–Trinajstić information content (AvgIpc) is 2.80. The first kappa shape index (κ1) is 10.4. The number of carbonyl (C=O) groups excluding carboxylic acids is 1. The van der Waals surface area contributed by atoms with E-state index in [-0.39, 0.29) is 5.76 Å². The van der Waals surface area contributed by atoms with Gasteiger partial charge < -0.3 is 9.26 Å². The summed E-state index contributed by atoms with van der Waals surface area (Å²) in [5.74, 6) is -0.431. The second-order valence-electron chi connectivity index (χ2n) is 3.01. The van der Waals surface area contributed by atoms with Crippen LogP contribution in [0.4, 0.5) is 0 Å². The van der Waals surface area contributed by atoms with E-state index >= 15 is 0 Å². The smallest absolute Gasteiger partial charge is 0.377 e. The van der Waals surface area contributed by atoms with Crippen molar-refractivity contribution < 1.29 is 14.1 Å². The van der Waals surface area contributed by atoms with E-state index < -0.39 is 5.97 Å². The third-order valence-corrected chi connectivity index (χ3v) is 1.91. The Hall–Kier alpha value is -2.17. The minimum Gasteiger partial charge on any atom is -0.460 e. The summed E-state index contributed by atoms with van der Waals surface area (Å²) in [6, 6.07) is 6.93. The number of hydrogen-bond acceptors (Lipinski definition) is 5. The van der Waals surface area contributed by atoms with Crippen LogP contribution in [0.2, 0.25) is 0 Å². The molecule has 5 nitrogen and oxygen atoms in total. The lowest BCUT2D eigenvalue weighted by atomic mass is 10.2. The van der Waals surface area contributed by atoms with Gasteiger partial charge in [-0.05, 0) is 19.1 Å². The average molecular weight is 218 g/mol. The van der Waals surface area contributed by atoms with Crippen LogP contribution >= 0.6 is 0 Å². The molecule has 0 N–H and O–H groups in total. The molecule has 0 aromatic carbocycles. The maximum Gasteiger partial charge on any atom is 0.377 e. The Labute approximate surface area is 92.0 Å². The maximum absolute atomic E-state index is 11.3. The zero-order valence-corrected chi connectivity index (χ0v) is 8.71. The summed E-state index contributed by atoms with van der Waals surface area (Å²) < 4.78 is 9.65. The Morgan fingerprint density at radius 3 is 3.00 bits per heavy atom. The number of pyridine rings is 1. The first-order valence-corrected chi connectivity index (χ1v) is 4.86. The molecule has 2 rings (SSSR count). The summed E-state index contributed by atoms with van der Waals surface area (Å²) in [6.07, 6.45) is 1.65. The fourth-order valence-corrected chi connectivity index (χ4v) is 1.21. The van der Waals surface area contributed by atoms with Gasteiger partial charge in [0, 0.05) is 12.3 Å². The van der Waals surface area contributed by atoms with E-state index in [9.17, 15) is 4.79 Å². The molecular formula is C11H10N2O3. The molecule has 0 saturated heterocycles. The second kappa shape index (κ2) is 4.57. The van der Waals surface area contributed by atoms with Crippen LogP contribution in [0.15, 0.2) is 35.0 Å². The van der Waals surface area contributed by atoms with Crippen molar-refractivity contribution >= 4 is 5.97 Å². The lowest BCUT2D eigenvalue weighted by molar-refractivity contribution is 0.0480. The number of ether oxygens (including phenoxy) is 1. The lowest BCUT2D eigenvalue weighted by Crippen LogP contribution is -2.02. The van der Waals surface area contributed by atoms with Crippen molar-refractivity contribution in [2.24, 2.45) is 0 Å². The molecule has 0 aliphatic rings. The van der Waals surface area contributed by atoms with E-state index in [1.54, 1.807) is 25.3 Å². The number of carbonyl (C=O) groups is 1. The van der Waals surface area contributed by atoms with Gasteiger partial charge in [0.1, 0.15) is 5.69 Å². The minimum atomic E-state index is -0.516. The first-order valence-electron chi connectivity index (χ1n) is 4.86. The van der Waals surface area contributed by atoms with E-state index in [1.807, 2.05) is 6.07 Å². The number of nitrogens with zero attached hydrogens (tertiary/aromatic N) is 2. The van der Waals surface area contributed by atoms with Gasteiger partial charge in [-0.2, -0.15) is 0 Å². The maximum atomic E-state index is 11.3. The molecule has 2 aromatic heterocycles. The molecular weight excluding hydrogens is 208 g/mol. The molecule has 0 unspecified atom stereocenters. The van der Waals surface area contributed by atoms with Crippen molar-refractivity contribution in [3.63, 3.8) is 0 Å². The van der Waals surface area contributed by atoms with Crippen molar-refractivity contribution in [1.29, 1.82) is 0 Å². The number of esters is 1. The molecule has 0 bridgehead atoms. The highest BCUT2D eigenvalue weighted by Crippen LogP contribution is 2.16. The van der Waals surface area contributed by atoms with E-state index in [0.717, 1.165) is 0 Å². The summed E-state index contributed by atoms with van der Waals surface area (Å²) >= 11 is 0. The zero-order chi connectivity index (χ0) is 11.4. The third-order valence-electron chi connectivity index (χ3n) is 1.91. The topological polar surface area (TPSA) is 65.2 Å². The van der Waals surface area contributed by atoms with Crippen LogP contribution < -0.4 is 0 Å². The molecule has 0 fully saturated rings. The van der Waals surface area contributed by atoms with Crippen LogP contribution in [0, 0.1) is 0 Å². The van der Waals surface area contributed by atoms with Gasteiger partial charge in [-0.3, -0.25) is 4.98 Å². The van der Waals surface area contributed by atoms with Gasteiger partial charge in [0.25, 0.3) is 0 Å². The summed E-state index contributed by atoms with van der Waals surface area (Å²) in [5.41, 5.74) is 1.17. The SMILES string of the molecule is CCOC(=O)c1cc(-c2ccccn2)no1. The Kier molecular flexibility index (Phi) is 2.95. The monoisotopic (exact) mass is 218 g/mol. The highest BCUT2D eigenvalue weighted by Gasteiger charge is 2.14. The van der Waals surface area contributed by atoms with E-state index in [1.165, 1.54) is 6.07 Å². The van der Waals surface area contributed by atoms with E-state index in [2.05, 4.69) is 10.1 Å². The lowest BCUT2D eigenvalue weighted by Gasteiger charge is -1.94. The molecule has 0 spiro atoms. The van der Waals surface area contributed by atoms with Crippen LogP contribution in [0.25, 0.3) is 11.4 Å². The fourth-order valence-electron chi connectivity index (χ4n) is 1.21. The molecule has 2 aromatic rings. The summed E-state index contributed by atoms with van der Waals surface area (Å²) in [5, 5.41) is 3.75. The first-order chi connectivity index (χ1) is 7.81. The Bertz CT molecular complexity index is 479. The van der Waals surface area contributed by atoms with Crippen molar-refractivity contribution in [2.45, 2.75) is 6.92 Å². The number of hydrogen-bond donors (Lipinski definition) is 0. The predicted molar refractivity (Wildman–Crippen MR) is 55.7 cm³/mol. The molecule has 0 radical (unpaired) electrons. The molecule has 0 amide bonds. The predicted octanol–water partition coefficient (Wildman–Crippen LogP) is 1.91. The Balaban J connectivity index is 2.23. The van der Waals surface area contributed by atoms with Crippen molar-refractivity contribution in [3.05, 3.63) is 36.2 Å². The van der Waals surface area contributed by atoms with Crippen molar-refractivity contribution in [1.82, 2.24) is 10.1 Å². The standard InChI is InChI=1S/C11H10N2O3/c1-2-15-11(14)10-7-9(13-16-10)8-5-3-4-6-12-8/h3-7H,2H2,1H3. The number of aromatic nitrogens is 2. The van der Waals surface area contributed by atoms with Gasteiger partial charge in [-0.25, -0.2) is 4.79 Å². The molecule has 0 aliphatic heterocycles. The third kappa shape index (κ3) is 2.08. The highest BCUT2D eigenvalue weighted by molar-refractivity contribution is 5.87. The molecule has 16 heavy (non-hydrogen) atoms. The summed E-state index contributed by atoms with van der Waals surface area (Å²) in [7, 11) is 0. The van der Waals surface area contributed by atoms with Crippen LogP contribution in [0.3, 0.4) is 0 Å². The minimum absolute atomic E-state index is 0.0857. The highest BCUT2D eigenvalue weighted by atomic mass is 16.6. The summed E-state index contributed by atoms with van der Waals surface area (Å²) in [6.45, 7) is 2.03. The van der Waals surface area contributed by atoms with Crippen LogP contribution in [-0.2, 0) is 4.74 Å². The molecule has 82 valence electrons. The largest absolute Gasteiger partial charge is 0.460 e. The van der Waals surface area contributed by atoms with E-state index in [4.69, 9.17) is 9.26 Å². The van der Waals surface area contributed by atoms with Gasteiger partial charge >= 0.3 is 5.97 Å². The van der Waals surface area contributed by atoms with Gasteiger partial charge in [0.2, 0.25) is 5.76 Å². The molecule has 0 aliphatic carbocycles. The quantitative estimate of drug-likeness (QED) is 0.736. The number of rotatable bonds is 3. The summed E-state index contributed by atoms with van der Waals surface area (Å²) in [4.78, 5) is 15.4. The van der Waals surface area contributed by atoms with E-state index in [0.29, 0.717) is 18.0 Å². The van der Waals surface area contributed by atoms with Crippen molar-refractivity contribution in [2.75, 3.05) is 6.61 Å². The Morgan fingerprint density at radius 2 is 2.31 bits per heavy atom. The van der Waals surface area contributed by atoms with Gasteiger partial charge in [0.05, 0.1) is 12.3 Å². The normalized spacial score (nSPS) is 10.1. The van der Waals surface area contributed by atoms with Crippen LogP contribution in [0.5, 0.6) is 0 Å². The van der Waals surface area contributed by atoms with Gasteiger partial charge in [-0.1, -0.05) is 11.2 Å². The molecule has 2 heterocycles. The second-order valence-corrected chi connectivity index (χ2v) is 3.01. The molecule has 0 saturated carbocycles. The van der Waals surface area contributed by atoms with Gasteiger partial charge in [0.15, 0.2) is 0 Å². The fraction of sp³-hybridized carbons (Fsp3) is 0.182. The van der Waals surface area contributed by atoms with Crippen molar-refractivity contribution in [3.8, 4) is 11.4 Å². The zero-order valence-electron chi connectivity index (χ0n) is 8.71. The molecule has 5 heteroatoms. The van der Waals surface area contributed by atoms with Crippen LogP contribution in [0.1, 0.15) is 17.5 Å². The van der Waals surface area contributed by atoms with Crippen LogP contribution in [-0.4, -0.2) is 22.7 Å². The Morgan fingerprint density at radius 1 is 1.44 bits per heavy atom.